The van der Waals surface area contributed by atoms with Crippen LogP contribution in [0.2, 0.25) is 0 Å². The summed E-state index contributed by atoms with van der Waals surface area (Å²) in [7, 11) is 0. The summed E-state index contributed by atoms with van der Waals surface area (Å²) in [4.78, 5) is 0. The largest absolute Gasteiger partial charge is 0.422 e. The van der Waals surface area contributed by atoms with Gasteiger partial charge < -0.3 is 10.5 Å². The number of rotatable bonds is 3. The van der Waals surface area contributed by atoms with Crippen LogP contribution in [0.5, 0.6) is 5.88 Å². The van der Waals surface area contributed by atoms with Gasteiger partial charge in [0.15, 0.2) is 0 Å². The molecule has 1 aliphatic rings. The second kappa shape index (κ2) is 5.57. The number of hydrogen-bond donors (Lipinski definition) is 1. The van der Waals surface area contributed by atoms with Gasteiger partial charge in [0.25, 0.3) is 0 Å². The summed E-state index contributed by atoms with van der Waals surface area (Å²) in [5.74, 6) is 0.764. The summed E-state index contributed by atoms with van der Waals surface area (Å²) >= 11 is 0. The monoisotopic (exact) mass is 294 g/mol. The maximum atomic E-state index is 9.40. The van der Waals surface area contributed by atoms with Gasteiger partial charge in [-0.25, -0.2) is 4.68 Å². The van der Waals surface area contributed by atoms with E-state index in [9.17, 15) is 5.26 Å². The van der Waals surface area contributed by atoms with Crippen molar-refractivity contribution in [2.45, 2.75) is 32.6 Å². The van der Waals surface area contributed by atoms with Gasteiger partial charge in [-0.2, -0.15) is 10.4 Å². The highest BCUT2D eigenvalue weighted by Crippen LogP contribution is 2.43. The Balaban J connectivity index is 2.18. The summed E-state index contributed by atoms with van der Waals surface area (Å²) in [6, 6.07) is 12.0. The molecule has 22 heavy (non-hydrogen) atoms. The number of nitrogens with two attached hydrogens (primary N) is 1. The Bertz CT molecular complexity index is 768. The molecule has 0 radical (unpaired) electrons. The van der Waals surface area contributed by atoms with Crippen molar-refractivity contribution in [2.75, 3.05) is 0 Å². The second-order valence-corrected chi connectivity index (χ2v) is 5.38. The van der Waals surface area contributed by atoms with E-state index in [1.807, 2.05) is 37.3 Å². The first-order chi connectivity index (χ1) is 10.7. The molecule has 0 spiro atoms. The molecule has 1 aromatic heterocycles. The van der Waals surface area contributed by atoms with Gasteiger partial charge in [-0.05, 0) is 25.5 Å². The zero-order valence-electron chi connectivity index (χ0n) is 12.7. The average molecular weight is 294 g/mol. The Morgan fingerprint density at radius 2 is 2.09 bits per heavy atom. The van der Waals surface area contributed by atoms with Crippen LogP contribution >= 0.6 is 0 Å². The average Bonchev–Trinajstić information content (AvgIpc) is 2.85. The minimum Gasteiger partial charge on any atom is -0.422 e. The number of nitriles is 1. The van der Waals surface area contributed by atoms with Gasteiger partial charge in [-0.1, -0.05) is 31.5 Å². The molecule has 1 aliphatic heterocycles. The minimum atomic E-state index is -0.0452. The van der Waals surface area contributed by atoms with E-state index in [2.05, 4.69) is 18.1 Å². The molecule has 0 saturated heterocycles. The third-order valence-corrected chi connectivity index (χ3v) is 3.93. The number of nitrogens with zero attached hydrogens (tertiary/aromatic N) is 3. The van der Waals surface area contributed by atoms with Crippen LogP contribution in [-0.4, -0.2) is 9.78 Å². The number of benzene rings is 1. The maximum absolute atomic E-state index is 9.40. The van der Waals surface area contributed by atoms with Crippen molar-refractivity contribution in [3.8, 4) is 17.6 Å². The molecule has 5 heteroatoms. The van der Waals surface area contributed by atoms with Crippen LogP contribution in [0.15, 0.2) is 41.8 Å². The maximum Gasteiger partial charge on any atom is 0.228 e. The number of allylic oxidation sites excluding steroid dienone is 1. The lowest BCUT2D eigenvalue weighted by molar-refractivity contribution is 0.360. The highest BCUT2D eigenvalue weighted by molar-refractivity contribution is 5.52. The van der Waals surface area contributed by atoms with Crippen LogP contribution in [0, 0.1) is 18.3 Å². The molecular formula is C17H18N4O. The molecule has 0 amide bonds. The summed E-state index contributed by atoms with van der Waals surface area (Å²) < 4.78 is 7.51. The van der Waals surface area contributed by atoms with Gasteiger partial charge in [0, 0.05) is 11.5 Å². The molecule has 0 fully saturated rings. The van der Waals surface area contributed by atoms with Gasteiger partial charge in [0.05, 0.1) is 17.0 Å². The van der Waals surface area contributed by atoms with Crippen molar-refractivity contribution >= 4 is 0 Å². The van der Waals surface area contributed by atoms with E-state index < -0.39 is 0 Å². The fourth-order valence-corrected chi connectivity index (χ4v) is 2.95. The lowest BCUT2D eigenvalue weighted by atomic mass is 9.87. The molecule has 1 unspecified atom stereocenters. The second-order valence-electron chi connectivity index (χ2n) is 5.38. The lowest BCUT2D eigenvalue weighted by Crippen LogP contribution is -2.21. The van der Waals surface area contributed by atoms with Gasteiger partial charge in [-0.3, -0.25) is 0 Å². The van der Waals surface area contributed by atoms with Crippen molar-refractivity contribution < 1.29 is 4.74 Å². The first kappa shape index (κ1) is 14.2. The van der Waals surface area contributed by atoms with E-state index in [1.54, 1.807) is 4.68 Å². The van der Waals surface area contributed by atoms with Crippen LogP contribution in [0.25, 0.3) is 5.69 Å². The topological polar surface area (TPSA) is 76.9 Å². The van der Waals surface area contributed by atoms with E-state index in [0.717, 1.165) is 29.8 Å². The van der Waals surface area contributed by atoms with Crippen molar-refractivity contribution in [3.05, 3.63) is 53.0 Å². The molecule has 112 valence electrons. The Kier molecular flexibility index (Phi) is 3.60. The first-order valence-electron chi connectivity index (χ1n) is 7.39. The number of hydrogen-bond acceptors (Lipinski definition) is 4. The molecule has 1 atom stereocenters. The van der Waals surface area contributed by atoms with Crippen molar-refractivity contribution in [1.29, 1.82) is 5.26 Å². The van der Waals surface area contributed by atoms with Gasteiger partial charge >= 0.3 is 0 Å². The lowest BCUT2D eigenvalue weighted by Gasteiger charge is -2.24. The molecule has 0 bridgehead atoms. The third-order valence-electron chi connectivity index (χ3n) is 3.93. The SMILES string of the molecule is CCCC1C(C#N)=C(N)Oc2c1c(C)nn2-c1ccccc1. The van der Waals surface area contributed by atoms with Crippen LogP contribution in [0.3, 0.4) is 0 Å². The van der Waals surface area contributed by atoms with Crippen molar-refractivity contribution in [1.82, 2.24) is 9.78 Å². The molecule has 0 aliphatic carbocycles. The quantitative estimate of drug-likeness (QED) is 0.943. The van der Waals surface area contributed by atoms with Gasteiger partial charge in [0.2, 0.25) is 11.8 Å². The molecule has 2 aromatic rings. The third kappa shape index (κ3) is 2.13. The van der Waals surface area contributed by atoms with E-state index >= 15 is 0 Å². The predicted molar refractivity (Wildman–Crippen MR) is 83.4 cm³/mol. The number of para-hydroxylation sites is 1. The zero-order valence-corrected chi connectivity index (χ0v) is 12.7. The number of aromatic nitrogens is 2. The van der Waals surface area contributed by atoms with E-state index in [0.29, 0.717) is 11.5 Å². The standard InChI is InChI=1S/C17H18N4O/c1-3-7-13-14(10-18)16(19)22-17-15(13)11(2)20-21(17)12-8-5-4-6-9-12/h4-6,8-9,13H,3,7,19H2,1-2H3. The summed E-state index contributed by atoms with van der Waals surface area (Å²) in [5, 5.41) is 14.0. The fraction of sp³-hybridized carbons (Fsp3) is 0.294. The van der Waals surface area contributed by atoms with Gasteiger partial charge in [0.1, 0.15) is 6.07 Å². The van der Waals surface area contributed by atoms with E-state index in [-0.39, 0.29) is 11.8 Å². The molecule has 1 aromatic carbocycles. The van der Waals surface area contributed by atoms with Gasteiger partial charge in [-0.15, -0.1) is 0 Å². The van der Waals surface area contributed by atoms with Crippen molar-refractivity contribution in [3.63, 3.8) is 0 Å². The highest BCUT2D eigenvalue weighted by Gasteiger charge is 2.34. The predicted octanol–water partition coefficient (Wildman–Crippen LogP) is 3.15. The Labute approximate surface area is 129 Å². The van der Waals surface area contributed by atoms with E-state index in [4.69, 9.17) is 10.5 Å². The van der Waals surface area contributed by atoms with Crippen LogP contribution in [0.1, 0.15) is 36.9 Å². The number of fused-ring (bicyclic) bond motifs is 1. The summed E-state index contributed by atoms with van der Waals surface area (Å²) in [5.41, 5.74) is 9.23. The molecule has 2 heterocycles. The summed E-state index contributed by atoms with van der Waals surface area (Å²) in [6.07, 6.45) is 1.81. The molecular weight excluding hydrogens is 276 g/mol. The molecule has 3 rings (SSSR count). The minimum absolute atomic E-state index is 0.0452. The molecule has 2 N–H and O–H groups in total. The number of aryl methyl sites for hydroxylation is 1. The number of ether oxygens (including phenoxy) is 1. The van der Waals surface area contributed by atoms with Crippen molar-refractivity contribution in [2.24, 2.45) is 5.73 Å². The van der Waals surface area contributed by atoms with E-state index in [1.165, 1.54) is 0 Å². The summed E-state index contributed by atoms with van der Waals surface area (Å²) in [6.45, 7) is 4.04. The smallest absolute Gasteiger partial charge is 0.228 e. The normalized spacial score (nSPS) is 16.9. The Morgan fingerprint density at radius 1 is 1.36 bits per heavy atom. The van der Waals surface area contributed by atoms with Crippen LogP contribution < -0.4 is 10.5 Å². The Morgan fingerprint density at radius 3 is 2.73 bits per heavy atom. The highest BCUT2D eigenvalue weighted by atomic mass is 16.5. The molecule has 5 nitrogen and oxygen atoms in total. The zero-order chi connectivity index (χ0) is 15.7. The molecule has 0 saturated carbocycles. The Hall–Kier alpha value is -2.74. The van der Waals surface area contributed by atoms with Crippen LogP contribution in [-0.2, 0) is 0 Å². The van der Waals surface area contributed by atoms with Crippen LogP contribution in [0.4, 0.5) is 0 Å². The fourth-order valence-electron chi connectivity index (χ4n) is 2.95. The first-order valence-corrected chi connectivity index (χ1v) is 7.39.